The molecule has 0 saturated heterocycles. The van der Waals surface area contributed by atoms with E-state index in [4.69, 9.17) is 4.74 Å². The standard InChI is InChI=1S/C29H35N5O3/c1-5-34-25-10-9-23(19-26(25)33(4)27(35)29(2,3)28(34)36)37-17-7-13-31-20-24-22(8-6-14-32-24)18-21-11-15-30-16-12-21/h6,8-12,14-16,19,31H,5,7,13,17-18,20H2,1-4H3. The maximum absolute atomic E-state index is 13.0. The van der Waals surface area contributed by atoms with Crippen molar-refractivity contribution < 1.29 is 14.3 Å². The molecular weight excluding hydrogens is 466 g/mol. The van der Waals surface area contributed by atoms with E-state index < -0.39 is 5.41 Å². The van der Waals surface area contributed by atoms with Crippen LogP contribution in [-0.4, -0.2) is 48.5 Å². The number of carbonyl (C=O) groups is 2. The fourth-order valence-corrected chi connectivity index (χ4v) is 4.58. The monoisotopic (exact) mass is 501 g/mol. The molecule has 2 amide bonds. The molecule has 0 bridgehead atoms. The van der Waals surface area contributed by atoms with Gasteiger partial charge in [0.15, 0.2) is 0 Å². The average molecular weight is 502 g/mol. The summed E-state index contributed by atoms with van der Waals surface area (Å²) in [5, 5.41) is 3.46. The molecule has 0 radical (unpaired) electrons. The summed E-state index contributed by atoms with van der Waals surface area (Å²) in [6.45, 7) is 7.75. The van der Waals surface area contributed by atoms with Crippen LogP contribution in [0.5, 0.6) is 5.75 Å². The zero-order valence-electron chi connectivity index (χ0n) is 22.0. The molecule has 3 aromatic rings. The van der Waals surface area contributed by atoms with Gasteiger partial charge in [0.25, 0.3) is 0 Å². The average Bonchev–Trinajstić information content (AvgIpc) is 2.96. The molecule has 8 heteroatoms. The number of fused-ring (bicyclic) bond motifs is 1. The Morgan fingerprint density at radius 3 is 2.54 bits per heavy atom. The number of benzene rings is 1. The number of nitrogens with one attached hydrogen (secondary N) is 1. The van der Waals surface area contributed by atoms with E-state index in [0.717, 1.165) is 30.8 Å². The van der Waals surface area contributed by atoms with Crippen LogP contribution < -0.4 is 19.9 Å². The molecule has 0 atom stereocenters. The third-order valence-corrected chi connectivity index (χ3v) is 6.72. The number of pyridine rings is 2. The molecule has 0 spiro atoms. The summed E-state index contributed by atoms with van der Waals surface area (Å²) < 4.78 is 6.00. The molecule has 1 aliphatic heterocycles. The number of aromatic nitrogens is 2. The fraction of sp³-hybridized carbons (Fsp3) is 0.379. The van der Waals surface area contributed by atoms with Gasteiger partial charge in [-0.15, -0.1) is 0 Å². The van der Waals surface area contributed by atoms with E-state index >= 15 is 0 Å². The third kappa shape index (κ3) is 5.80. The molecule has 0 fully saturated rings. The summed E-state index contributed by atoms with van der Waals surface area (Å²) >= 11 is 0. The predicted molar refractivity (Wildman–Crippen MR) is 145 cm³/mol. The lowest BCUT2D eigenvalue weighted by molar-refractivity contribution is -0.137. The SMILES string of the molecule is CCN1C(=O)C(C)(C)C(=O)N(C)c2cc(OCCCNCc3ncccc3Cc3ccncc3)ccc21. The van der Waals surface area contributed by atoms with Crippen molar-refractivity contribution in [1.82, 2.24) is 15.3 Å². The molecule has 37 heavy (non-hydrogen) atoms. The lowest BCUT2D eigenvalue weighted by atomic mass is 9.90. The molecule has 3 heterocycles. The minimum absolute atomic E-state index is 0.192. The van der Waals surface area contributed by atoms with E-state index in [2.05, 4.69) is 21.4 Å². The van der Waals surface area contributed by atoms with Crippen molar-refractivity contribution >= 4 is 23.2 Å². The van der Waals surface area contributed by atoms with Gasteiger partial charge >= 0.3 is 0 Å². The zero-order valence-corrected chi connectivity index (χ0v) is 22.0. The number of amides is 2. The second-order valence-corrected chi connectivity index (χ2v) is 9.71. The summed E-state index contributed by atoms with van der Waals surface area (Å²) in [4.78, 5) is 37.9. The number of anilines is 2. The maximum Gasteiger partial charge on any atom is 0.242 e. The number of nitrogens with zero attached hydrogens (tertiary/aromatic N) is 4. The topological polar surface area (TPSA) is 87.7 Å². The maximum atomic E-state index is 13.0. The Morgan fingerprint density at radius 1 is 1.00 bits per heavy atom. The van der Waals surface area contributed by atoms with Crippen LogP contribution in [0.4, 0.5) is 11.4 Å². The molecule has 0 unspecified atom stereocenters. The van der Waals surface area contributed by atoms with E-state index in [1.165, 1.54) is 11.1 Å². The van der Waals surface area contributed by atoms with E-state index in [-0.39, 0.29) is 11.8 Å². The van der Waals surface area contributed by atoms with Crippen LogP contribution in [0, 0.1) is 5.41 Å². The van der Waals surface area contributed by atoms with Crippen molar-refractivity contribution in [3.8, 4) is 5.75 Å². The Balaban J connectivity index is 1.31. The first-order valence-electron chi connectivity index (χ1n) is 12.7. The van der Waals surface area contributed by atoms with Crippen molar-refractivity contribution in [3.05, 3.63) is 77.9 Å². The highest BCUT2D eigenvalue weighted by Crippen LogP contribution is 2.40. The van der Waals surface area contributed by atoms with Crippen LogP contribution in [-0.2, 0) is 22.6 Å². The first-order valence-corrected chi connectivity index (χ1v) is 12.7. The highest BCUT2D eigenvalue weighted by molar-refractivity contribution is 6.20. The van der Waals surface area contributed by atoms with Crippen LogP contribution >= 0.6 is 0 Å². The number of hydrogen-bond donors (Lipinski definition) is 1. The molecule has 1 aliphatic rings. The van der Waals surface area contributed by atoms with Gasteiger partial charge in [0, 0.05) is 44.8 Å². The van der Waals surface area contributed by atoms with Crippen molar-refractivity contribution in [3.63, 3.8) is 0 Å². The van der Waals surface area contributed by atoms with Crippen LogP contribution in [0.3, 0.4) is 0 Å². The molecule has 194 valence electrons. The second kappa shape index (κ2) is 11.5. The van der Waals surface area contributed by atoms with Gasteiger partial charge in [-0.25, -0.2) is 0 Å². The molecule has 2 aromatic heterocycles. The quantitative estimate of drug-likeness (QED) is 0.334. The van der Waals surface area contributed by atoms with Gasteiger partial charge in [-0.05, 0) is 81.6 Å². The summed E-state index contributed by atoms with van der Waals surface area (Å²) in [6.07, 6.45) is 7.08. The largest absolute Gasteiger partial charge is 0.493 e. The molecule has 1 aromatic carbocycles. The van der Waals surface area contributed by atoms with Gasteiger partial charge in [-0.1, -0.05) is 6.07 Å². The summed E-state index contributed by atoms with van der Waals surface area (Å²) in [5.41, 5.74) is 3.72. The Hall–Kier alpha value is -3.78. The molecule has 4 rings (SSSR count). The summed E-state index contributed by atoms with van der Waals surface area (Å²) in [7, 11) is 1.71. The van der Waals surface area contributed by atoms with Crippen molar-refractivity contribution in [2.24, 2.45) is 5.41 Å². The summed E-state index contributed by atoms with van der Waals surface area (Å²) in [6, 6.07) is 13.7. The van der Waals surface area contributed by atoms with Crippen LogP contribution in [0.25, 0.3) is 0 Å². The minimum Gasteiger partial charge on any atom is -0.493 e. The molecular formula is C29H35N5O3. The Kier molecular flexibility index (Phi) is 8.18. The lowest BCUT2D eigenvalue weighted by Crippen LogP contribution is -2.47. The van der Waals surface area contributed by atoms with Gasteiger partial charge in [0.1, 0.15) is 11.2 Å². The van der Waals surface area contributed by atoms with Gasteiger partial charge in [0.05, 0.1) is 23.7 Å². The molecule has 1 N–H and O–H groups in total. The van der Waals surface area contributed by atoms with Crippen molar-refractivity contribution in [2.45, 2.75) is 40.2 Å². The van der Waals surface area contributed by atoms with Gasteiger partial charge in [-0.3, -0.25) is 19.6 Å². The number of ether oxygens (including phenoxy) is 1. The van der Waals surface area contributed by atoms with E-state index in [0.29, 0.717) is 31.1 Å². The normalized spacial score (nSPS) is 14.9. The zero-order chi connectivity index (χ0) is 26.4. The second-order valence-electron chi connectivity index (χ2n) is 9.71. The predicted octanol–water partition coefficient (Wildman–Crippen LogP) is 3.98. The van der Waals surface area contributed by atoms with Crippen LogP contribution in [0.1, 0.15) is 44.0 Å². The number of carbonyl (C=O) groups excluding carboxylic acids is 2. The highest BCUT2D eigenvalue weighted by Gasteiger charge is 2.45. The molecule has 0 aliphatic carbocycles. The fourth-order valence-electron chi connectivity index (χ4n) is 4.58. The first kappa shape index (κ1) is 26.3. The first-order chi connectivity index (χ1) is 17.8. The smallest absolute Gasteiger partial charge is 0.242 e. The van der Waals surface area contributed by atoms with Gasteiger partial charge in [-0.2, -0.15) is 0 Å². The third-order valence-electron chi connectivity index (χ3n) is 6.72. The van der Waals surface area contributed by atoms with Gasteiger partial charge < -0.3 is 19.9 Å². The minimum atomic E-state index is -1.12. The Labute approximate surface area is 218 Å². The number of hydrogen-bond acceptors (Lipinski definition) is 6. The van der Waals surface area contributed by atoms with Crippen LogP contribution in [0.15, 0.2) is 61.1 Å². The van der Waals surface area contributed by atoms with Crippen LogP contribution in [0.2, 0.25) is 0 Å². The highest BCUT2D eigenvalue weighted by atomic mass is 16.5. The van der Waals surface area contributed by atoms with E-state index in [1.807, 2.05) is 61.9 Å². The van der Waals surface area contributed by atoms with Crippen molar-refractivity contribution in [1.29, 1.82) is 0 Å². The molecule has 8 nitrogen and oxygen atoms in total. The van der Waals surface area contributed by atoms with E-state index in [1.54, 1.807) is 30.7 Å². The Morgan fingerprint density at radius 2 is 1.78 bits per heavy atom. The molecule has 0 saturated carbocycles. The Bertz CT molecular complexity index is 1250. The van der Waals surface area contributed by atoms with Gasteiger partial charge in [0.2, 0.25) is 11.8 Å². The van der Waals surface area contributed by atoms with Crippen molar-refractivity contribution in [2.75, 3.05) is 36.5 Å². The lowest BCUT2D eigenvalue weighted by Gasteiger charge is -2.27. The number of rotatable bonds is 10. The summed E-state index contributed by atoms with van der Waals surface area (Å²) in [5.74, 6) is 0.252. The van der Waals surface area contributed by atoms with E-state index in [9.17, 15) is 9.59 Å².